The lowest BCUT2D eigenvalue weighted by atomic mass is 10.00. The van der Waals surface area contributed by atoms with Crippen LogP contribution in [0.4, 0.5) is 0 Å². The molecule has 0 amide bonds. The Morgan fingerprint density at radius 1 is 0.886 bits per heavy atom. The molecule has 2 aromatic carbocycles. The first-order valence-electron chi connectivity index (χ1n) is 10.6. The molecule has 0 saturated heterocycles. The predicted molar refractivity (Wildman–Crippen MR) is 128 cm³/mol. The SMILES string of the molecule is COc1cc(-c2cc(-c3cc4ccccc4oc3=O)nc3nc(C)oc(=O)c23)ccc1OC(C)=O. The number of hydrogen-bond acceptors (Lipinski definition) is 9. The van der Waals surface area contributed by atoms with Gasteiger partial charge in [-0.25, -0.2) is 14.6 Å². The Labute approximate surface area is 197 Å². The maximum Gasteiger partial charge on any atom is 0.349 e. The highest BCUT2D eigenvalue weighted by Crippen LogP contribution is 2.36. The maximum absolute atomic E-state index is 12.8. The van der Waals surface area contributed by atoms with Gasteiger partial charge in [-0.15, -0.1) is 0 Å². The van der Waals surface area contributed by atoms with E-state index in [4.69, 9.17) is 18.3 Å². The summed E-state index contributed by atoms with van der Waals surface area (Å²) >= 11 is 0. The lowest BCUT2D eigenvalue weighted by Crippen LogP contribution is -2.09. The van der Waals surface area contributed by atoms with Gasteiger partial charge in [-0.2, -0.15) is 4.98 Å². The van der Waals surface area contributed by atoms with E-state index in [1.54, 1.807) is 42.5 Å². The largest absolute Gasteiger partial charge is 0.493 e. The van der Waals surface area contributed by atoms with E-state index in [2.05, 4.69) is 9.97 Å². The van der Waals surface area contributed by atoms with Gasteiger partial charge in [0.1, 0.15) is 11.0 Å². The Morgan fingerprint density at radius 3 is 2.46 bits per heavy atom. The molecular formula is C26H18N2O7. The second-order valence-corrected chi connectivity index (χ2v) is 7.72. The van der Waals surface area contributed by atoms with Gasteiger partial charge in [0.25, 0.3) is 0 Å². The predicted octanol–water partition coefficient (Wildman–Crippen LogP) is 4.27. The Hall–Kier alpha value is -4.79. The second-order valence-electron chi connectivity index (χ2n) is 7.72. The molecule has 3 aromatic heterocycles. The minimum Gasteiger partial charge on any atom is -0.493 e. The number of rotatable bonds is 4. The number of esters is 1. The molecule has 5 rings (SSSR count). The van der Waals surface area contributed by atoms with Crippen LogP contribution < -0.4 is 20.7 Å². The van der Waals surface area contributed by atoms with E-state index in [9.17, 15) is 14.4 Å². The molecule has 3 heterocycles. The smallest absolute Gasteiger partial charge is 0.349 e. The van der Waals surface area contributed by atoms with E-state index < -0.39 is 17.2 Å². The molecule has 9 nitrogen and oxygen atoms in total. The average molecular weight is 470 g/mol. The summed E-state index contributed by atoms with van der Waals surface area (Å²) < 4.78 is 21.3. The number of carbonyl (C=O) groups is 1. The summed E-state index contributed by atoms with van der Waals surface area (Å²) in [6, 6.07) is 15.2. The molecule has 35 heavy (non-hydrogen) atoms. The van der Waals surface area contributed by atoms with Gasteiger partial charge in [0.2, 0.25) is 0 Å². The van der Waals surface area contributed by atoms with Crippen LogP contribution in [-0.2, 0) is 4.79 Å². The monoisotopic (exact) mass is 470 g/mol. The van der Waals surface area contributed by atoms with Gasteiger partial charge in [0.05, 0.1) is 18.4 Å². The summed E-state index contributed by atoms with van der Waals surface area (Å²) in [7, 11) is 1.43. The highest BCUT2D eigenvalue weighted by atomic mass is 16.6. The van der Waals surface area contributed by atoms with Gasteiger partial charge < -0.3 is 18.3 Å². The zero-order valence-corrected chi connectivity index (χ0v) is 18.9. The number of ether oxygens (including phenoxy) is 2. The van der Waals surface area contributed by atoms with E-state index >= 15 is 0 Å². The highest BCUT2D eigenvalue weighted by Gasteiger charge is 2.19. The number of carbonyl (C=O) groups excluding carboxylic acids is 1. The molecule has 0 bridgehead atoms. The first kappa shape index (κ1) is 22.0. The van der Waals surface area contributed by atoms with Crippen molar-refractivity contribution in [2.75, 3.05) is 7.11 Å². The van der Waals surface area contributed by atoms with Gasteiger partial charge in [-0.1, -0.05) is 24.3 Å². The van der Waals surface area contributed by atoms with E-state index in [1.165, 1.54) is 21.0 Å². The molecule has 0 radical (unpaired) electrons. The number of aryl methyl sites for hydroxylation is 1. The Bertz CT molecular complexity index is 1750. The maximum atomic E-state index is 12.8. The molecule has 5 aromatic rings. The molecular weight excluding hydrogens is 452 g/mol. The second kappa shape index (κ2) is 8.53. The normalized spacial score (nSPS) is 11.1. The highest BCUT2D eigenvalue weighted by molar-refractivity contribution is 5.95. The van der Waals surface area contributed by atoms with Crippen LogP contribution in [-0.4, -0.2) is 23.0 Å². The summed E-state index contributed by atoms with van der Waals surface area (Å²) in [5.74, 6) is 0.125. The number of methoxy groups -OCH3 is 1. The first-order chi connectivity index (χ1) is 16.8. The van der Waals surface area contributed by atoms with E-state index in [1.807, 2.05) is 12.1 Å². The third-order valence-corrected chi connectivity index (χ3v) is 5.35. The number of para-hydroxylation sites is 1. The Balaban J connectivity index is 1.80. The first-order valence-corrected chi connectivity index (χ1v) is 10.6. The lowest BCUT2D eigenvalue weighted by Gasteiger charge is -2.12. The number of nitrogens with zero attached hydrogens (tertiary/aromatic N) is 2. The summed E-state index contributed by atoms with van der Waals surface area (Å²) in [6.45, 7) is 2.82. The van der Waals surface area contributed by atoms with Crippen LogP contribution in [0.3, 0.4) is 0 Å². The van der Waals surface area contributed by atoms with Crippen molar-refractivity contribution in [3.63, 3.8) is 0 Å². The van der Waals surface area contributed by atoms with E-state index in [0.29, 0.717) is 16.7 Å². The van der Waals surface area contributed by atoms with Gasteiger partial charge in [0, 0.05) is 24.8 Å². The summed E-state index contributed by atoms with van der Waals surface area (Å²) in [4.78, 5) is 45.9. The van der Waals surface area contributed by atoms with Crippen molar-refractivity contribution >= 4 is 28.0 Å². The number of benzene rings is 2. The van der Waals surface area contributed by atoms with Crippen LogP contribution in [0.2, 0.25) is 0 Å². The van der Waals surface area contributed by atoms with Crippen molar-refractivity contribution in [3.8, 4) is 33.9 Å². The lowest BCUT2D eigenvalue weighted by molar-refractivity contribution is -0.132. The standard InChI is InChI=1S/C26H18N2O7/c1-13-27-24-23(26(31)33-13)17(15-8-9-21(34-14(2)29)22(11-15)32-3)12-19(28-24)18-10-16-6-4-5-7-20(16)35-25(18)30/h4-12H,1-3H3. The molecule has 0 N–H and O–H groups in total. The molecule has 0 atom stereocenters. The molecule has 9 heteroatoms. The molecule has 0 spiro atoms. The van der Waals surface area contributed by atoms with Gasteiger partial charge in [-0.05, 0) is 35.9 Å². The van der Waals surface area contributed by atoms with Gasteiger partial charge >= 0.3 is 17.2 Å². The number of pyridine rings is 1. The topological polar surface area (TPSA) is 122 Å². The number of fused-ring (bicyclic) bond motifs is 2. The minimum atomic E-state index is -0.630. The molecule has 0 fully saturated rings. The molecule has 174 valence electrons. The Morgan fingerprint density at radius 2 is 1.69 bits per heavy atom. The molecule has 0 aliphatic rings. The quantitative estimate of drug-likeness (QED) is 0.215. The fraction of sp³-hybridized carbons (Fsp3) is 0.115. The van der Waals surface area contributed by atoms with Crippen molar-refractivity contribution in [1.82, 2.24) is 9.97 Å². The zero-order chi connectivity index (χ0) is 24.7. The van der Waals surface area contributed by atoms with Gasteiger partial charge in [0.15, 0.2) is 23.0 Å². The average Bonchev–Trinajstić information content (AvgIpc) is 2.82. The molecule has 0 aliphatic carbocycles. The van der Waals surface area contributed by atoms with Crippen molar-refractivity contribution in [1.29, 1.82) is 0 Å². The molecule has 0 saturated carbocycles. The van der Waals surface area contributed by atoms with E-state index in [0.717, 1.165) is 5.39 Å². The van der Waals surface area contributed by atoms with Crippen molar-refractivity contribution in [3.05, 3.63) is 81.3 Å². The van der Waals surface area contributed by atoms with E-state index in [-0.39, 0.29) is 39.7 Å². The molecule has 0 aliphatic heterocycles. The van der Waals surface area contributed by atoms with Crippen LogP contribution in [0.5, 0.6) is 11.5 Å². The summed E-state index contributed by atoms with van der Waals surface area (Å²) in [6.07, 6.45) is 0. The van der Waals surface area contributed by atoms with Crippen LogP contribution in [0.15, 0.2) is 73.0 Å². The third kappa shape index (κ3) is 4.04. The third-order valence-electron chi connectivity index (χ3n) is 5.35. The van der Waals surface area contributed by atoms with Gasteiger partial charge in [-0.3, -0.25) is 4.79 Å². The van der Waals surface area contributed by atoms with Crippen LogP contribution in [0.1, 0.15) is 12.8 Å². The molecule has 0 unspecified atom stereocenters. The van der Waals surface area contributed by atoms with Crippen molar-refractivity contribution < 1.29 is 23.1 Å². The fourth-order valence-corrected chi connectivity index (χ4v) is 3.85. The summed E-state index contributed by atoms with van der Waals surface area (Å²) in [5, 5.41) is 0.849. The Kier molecular flexibility index (Phi) is 5.37. The fourth-order valence-electron chi connectivity index (χ4n) is 3.85. The van der Waals surface area contributed by atoms with Crippen LogP contribution in [0, 0.1) is 6.92 Å². The zero-order valence-electron chi connectivity index (χ0n) is 18.9. The number of aromatic nitrogens is 2. The van der Waals surface area contributed by atoms with Crippen LogP contribution >= 0.6 is 0 Å². The summed E-state index contributed by atoms with van der Waals surface area (Å²) in [5.41, 5.74) is 0.778. The van der Waals surface area contributed by atoms with Crippen molar-refractivity contribution in [2.45, 2.75) is 13.8 Å². The van der Waals surface area contributed by atoms with Crippen molar-refractivity contribution in [2.24, 2.45) is 0 Å². The van der Waals surface area contributed by atoms with Crippen LogP contribution in [0.25, 0.3) is 44.4 Å². The number of hydrogen-bond donors (Lipinski definition) is 0. The minimum absolute atomic E-state index is 0.113.